The van der Waals surface area contributed by atoms with Gasteiger partial charge in [0, 0.05) is 69.0 Å². The van der Waals surface area contributed by atoms with Crippen LogP contribution in [0, 0.1) is 23.0 Å². The van der Waals surface area contributed by atoms with Gasteiger partial charge in [0.2, 0.25) is 0 Å². The molecule has 0 radical (unpaired) electrons. The normalized spacial score (nSPS) is 43.8. The van der Waals surface area contributed by atoms with Crippen molar-refractivity contribution in [1.82, 2.24) is 25.1 Å². The molecule has 1 aromatic heterocycles. The molecule has 12 atom stereocenters. The van der Waals surface area contributed by atoms with Gasteiger partial charge in [0.25, 0.3) is 5.91 Å². The number of carbonyl (C=O) groups excluding carboxylic acids is 2. The summed E-state index contributed by atoms with van der Waals surface area (Å²) in [7, 11) is 1.71. The number of quaternary nitrogens is 1. The van der Waals surface area contributed by atoms with Gasteiger partial charge < -0.3 is 24.8 Å². The number of amides is 1. The Morgan fingerprint density at radius 3 is 2.70 bits per heavy atom. The topological polar surface area (TPSA) is 111 Å². The number of Topliss-reactive ketones (excluding diaryl/α,β-unsaturated/α-hetero) is 1. The van der Waals surface area contributed by atoms with E-state index in [1.54, 1.807) is 19.4 Å². The molecule has 3 saturated heterocycles. The molecule has 7 aliphatic rings. The minimum absolute atomic E-state index is 0.0335. The Balaban J connectivity index is 1.07. The number of hydrogen-bond acceptors (Lipinski definition) is 8. The highest BCUT2D eigenvalue weighted by Crippen LogP contribution is 2.51. The van der Waals surface area contributed by atoms with Crippen LogP contribution in [0.5, 0.6) is 0 Å². The molecule has 3 saturated carbocycles. The van der Waals surface area contributed by atoms with E-state index >= 15 is 4.39 Å². The Morgan fingerprint density at radius 2 is 1.93 bits per heavy atom. The third kappa shape index (κ3) is 5.39. The van der Waals surface area contributed by atoms with E-state index in [1.807, 2.05) is 12.4 Å². The van der Waals surface area contributed by atoms with Crippen molar-refractivity contribution < 1.29 is 23.4 Å². The lowest BCUT2D eigenvalue weighted by Gasteiger charge is -2.61. The minimum atomic E-state index is -1.24. The first-order valence-corrected chi connectivity index (χ1v) is 18.0. The van der Waals surface area contributed by atoms with Crippen LogP contribution in [0.2, 0.25) is 0 Å². The molecular formula is C35H49FN6O4. The predicted octanol–water partition coefficient (Wildman–Crippen LogP) is 3.48. The van der Waals surface area contributed by atoms with E-state index in [0.29, 0.717) is 37.9 Å². The average Bonchev–Trinajstić information content (AvgIpc) is 3.67. The van der Waals surface area contributed by atoms with Gasteiger partial charge in [-0.2, -0.15) is 0 Å². The second-order valence-electron chi connectivity index (χ2n) is 15.5. The summed E-state index contributed by atoms with van der Waals surface area (Å²) in [6, 6.07) is -0.680. The number of aromatic nitrogens is 2. The molecule has 3 aliphatic carbocycles. The average molecular weight is 637 g/mol. The van der Waals surface area contributed by atoms with Crippen LogP contribution in [0.3, 0.4) is 0 Å². The summed E-state index contributed by atoms with van der Waals surface area (Å²) in [5.74, 6) is 0.162. The fourth-order valence-corrected chi connectivity index (χ4v) is 10.6. The highest BCUT2D eigenvalue weighted by atomic mass is 19.1. The molecule has 1 aromatic rings. The molecule has 0 aromatic carbocycles. The molecule has 10 nitrogen and oxygen atoms in total. The fraction of sp³-hybridized carbons (Fsp3) is 0.771. The first-order valence-electron chi connectivity index (χ1n) is 18.0. The summed E-state index contributed by atoms with van der Waals surface area (Å²) in [6.07, 6.45) is 15.5. The zero-order valence-electron chi connectivity index (χ0n) is 27.0. The van der Waals surface area contributed by atoms with Gasteiger partial charge in [-0.15, -0.1) is 0 Å². The lowest BCUT2D eigenvalue weighted by Crippen LogP contribution is -2.73. The molecule has 1 amide bonds. The number of hydroxylamine groups is 3. The van der Waals surface area contributed by atoms with Gasteiger partial charge in [0.15, 0.2) is 5.78 Å². The molecule has 11 unspecified atom stereocenters. The summed E-state index contributed by atoms with van der Waals surface area (Å²) in [6.45, 7) is 2.41. The summed E-state index contributed by atoms with van der Waals surface area (Å²) in [5, 5.41) is 15.7. The van der Waals surface area contributed by atoms with Gasteiger partial charge in [0.05, 0.1) is 61.2 Å². The highest BCUT2D eigenvalue weighted by Gasteiger charge is 2.61. The van der Waals surface area contributed by atoms with Crippen molar-refractivity contribution in [3.05, 3.63) is 41.3 Å². The Hall–Kier alpha value is -2.47. The van der Waals surface area contributed by atoms with E-state index in [4.69, 9.17) is 4.74 Å². The van der Waals surface area contributed by atoms with Crippen LogP contribution in [0.1, 0.15) is 82.2 Å². The Morgan fingerprint density at radius 1 is 1.11 bits per heavy atom. The van der Waals surface area contributed by atoms with E-state index in [1.165, 1.54) is 25.7 Å². The lowest BCUT2D eigenvalue weighted by molar-refractivity contribution is -0.873. The van der Waals surface area contributed by atoms with Gasteiger partial charge in [-0.25, -0.2) is 4.39 Å². The van der Waals surface area contributed by atoms with Gasteiger partial charge in [0.1, 0.15) is 6.17 Å². The summed E-state index contributed by atoms with van der Waals surface area (Å²) in [4.78, 5) is 41.1. The van der Waals surface area contributed by atoms with Crippen molar-refractivity contribution in [3.8, 4) is 0 Å². The van der Waals surface area contributed by atoms with Crippen molar-refractivity contribution in [1.29, 1.82) is 0 Å². The first kappa shape index (κ1) is 30.8. The molecule has 5 heterocycles. The maximum absolute atomic E-state index is 16.6. The van der Waals surface area contributed by atoms with Crippen LogP contribution < -0.4 is 5.32 Å². The van der Waals surface area contributed by atoms with E-state index in [2.05, 4.69) is 25.1 Å². The maximum Gasteiger partial charge on any atom is 0.256 e. The van der Waals surface area contributed by atoms with Crippen molar-refractivity contribution in [2.45, 2.75) is 119 Å². The maximum atomic E-state index is 16.6. The van der Waals surface area contributed by atoms with Crippen LogP contribution in [-0.2, 0) is 14.3 Å². The number of nitrogens with one attached hydrogen (secondary N) is 1. The van der Waals surface area contributed by atoms with E-state index in [9.17, 15) is 14.8 Å². The Bertz CT molecular complexity index is 1350. The third-order valence-corrected chi connectivity index (χ3v) is 13.0. The van der Waals surface area contributed by atoms with Crippen LogP contribution in [0.4, 0.5) is 4.39 Å². The first-order chi connectivity index (χ1) is 22.3. The summed E-state index contributed by atoms with van der Waals surface area (Å²) >= 11 is 0. The van der Waals surface area contributed by atoms with Crippen LogP contribution >= 0.6 is 0 Å². The van der Waals surface area contributed by atoms with Gasteiger partial charge in [-0.1, -0.05) is 25.7 Å². The van der Waals surface area contributed by atoms with Gasteiger partial charge >= 0.3 is 0 Å². The van der Waals surface area contributed by atoms with Crippen LogP contribution in [0.15, 0.2) is 30.4 Å². The number of carbonyl (C=O) groups is 2. The number of alkyl halides is 1. The number of halogens is 1. The van der Waals surface area contributed by atoms with E-state index in [-0.39, 0.29) is 52.6 Å². The third-order valence-electron chi connectivity index (χ3n) is 13.0. The standard InChI is InChI=1S/C35H49FN6O4/c1-42(45)14-4-7-24(42)8-10-39-35(44)26-20-41-29-15-21-5-2-3-6-22(21)16-30(29)46-34-31(41)25(33(26)43)17-27(36)32(34)40-13-9-23(19-40)28-18-37-11-12-38-28/h11-12,18,20-25,27,29-32,34H,2-10,13-17,19H2,1H3,(H,39,44)/t21?,22?,23?,24-,25?,27?,29?,30?,31?,32?,34?,42?/m1/s1. The molecule has 46 heavy (non-hydrogen) atoms. The number of likely N-dealkylation sites (tertiary alicyclic amines) is 2. The Labute approximate surface area is 271 Å². The van der Waals surface area contributed by atoms with Crippen molar-refractivity contribution >= 4 is 11.7 Å². The summed E-state index contributed by atoms with van der Waals surface area (Å²) in [5.41, 5.74) is 1.08. The monoisotopic (exact) mass is 636 g/mol. The molecule has 1 N–H and O–H groups in total. The molecular weight excluding hydrogens is 587 g/mol. The zero-order valence-corrected chi connectivity index (χ0v) is 27.0. The predicted molar refractivity (Wildman–Crippen MR) is 169 cm³/mol. The molecule has 250 valence electrons. The fourth-order valence-electron chi connectivity index (χ4n) is 10.6. The number of morpholine rings is 1. The molecule has 6 fully saturated rings. The number of hydrogen-bond donors (Lipinski definition) is 1. The van der Waals surface area contributed by atoms with Crippen molar-refractivity contribution in [2.75, 3.05) is 33.2 Å². The summed E-state index contributed by atoms with van der Waals surface area (Å²) < 4.78 is 23.3. The largest absolute Gasteiger partial charge is 0.633 e. The molecule has 0 bridgehead atoms. The quantitative estimate of drug-likeness (QED) is 0.287. The Kier molecular flexibility index (Phi) is 8.18. The second-order valence-corrected chi connectivity index (χ2v) is 15.5. The number of ketones is 1. The molecule has 4 aliphatic heterocycles. The number of fused-ring (bicyclic) bond motifs is 3. The van der Waals surface area contributed by atoms with Crippen LogP contribution in [0.25, 0.3) is 0 Å². The number of rotatable bonds is 6. The number of nitrogens with zero attached hydrogens (tertiary/aromatic N) is 5. The smallest absolute Gasteiger partial charge is 0.256 e. The van der Waals surface area contributed by atoms with E-state index < -0.39 is 30.1 Å². The molecule has 11 heteroatoms. The van der Waals surface area contributed by atoms with Crippen molar-refractivity contribution in [3.63, 3.8) is 0 Å². The zero-order chi connectivity index (χ0) is 31.6. The number of ether oxygens (including phenoxy) is 1. The molecule has 8 rings (SSSR count). The van der Waals surface area contributed by atoms with E-state index in [0.717, 1.165) is 44.3 Å². The second kappa shape index (κ2) is 12.2. The van der Waals surface area contributed by atoms with Gasteiger partial charge in [-0.05, 0) is 44.1 Å². The minimum Gasteiger partial charge on any atom is -0.633 e. The lowest BCUT2D eigenvalue weighted by atomic mass is 9.64. The highest BCUT2D eigenvalue weighted by molar-refractivity contribution is 6.20. The van der Waals surface area contributed by atoms with Crippen LogP contribution in [-0.4, -0.2) is 112 Å². The van der Waals surface area contributed by atoms with Gasteiger partial charge in [-0.3, -0.25) is 24.5 Å². The van der Waals surface area contributed by atoms with Crippen molar-refractivity contribution in [2.24, 2.45) is 17.8 Å². The SMILES string of the molecule is C[N+]1([O-])CCC[C@@H]1CCNC(=O)C1=CN2C3CC4CCCCC4CC3OC3C(N4CCC(c5cnccn5)C4)C(F)CC(C1=O)C32. The molecule has 0 spiro atoms.